The highest BCUT2D eigenvalue weighted by Crippen LogP contribution is 2.41. The number of esters is 1. The van der Waals surface area contributed by atoms with Gasteiger partial charge in [-0.1, -0.05) is 41.7 Å². The molecule has 5 rings (SSSR count). The molecule has 0 unspecified atom stereocenters. The first-order valence-electron chi connectivity index (χ1n) is 12.9. The third-order valence-corrected chi connectivity index (χ3v) is 7.91. The predicted octanol–water partition coefficient (Wildman–Crippen LogP) is 3.99. The van der Waals surface area contributed by atoms with Crippen molar-refractivity contribution in [2.45, 2.75) is 19.9 Å². The fraction of sp³-hybridized carbons (Fsp3) is 0.258. The summed E-state index contributed by atoms with van der Waals surface area (Å²) in [5.41, 5.74) is 1.81. The number of carbonyl (C=O) groups excluding carboxylic acids is 1. The molecule has 4 aromatic rings. The maximum absolute atomic E-state index is 14.2. The number of ether oxygens (including phenoxy) is 5. The van der Waals surface area contributed by atoms with E-state index in [1.165, 1.54) is 32.7 Å². The molecule has 1 aliphatic heterocycles. The molecule has 41 heavy (non-hydrogen) atoms. The number of rotatable bonds is 8. The summed E-state index contributed by atoms with van der Waals surface area (Å²) in [6.07, 6.45) is 1.75. The van der Waals surface area contributed by atoms with Crippen molar-refractivity contribution in [1.29, 1.82) is 0 Å². The summed E-state index contributed by atoms with van der Waals surface area (Å²) in [6.45, 7) is 3.68. The number of fused-ring (bicyclic) bond motifs is 2. The highest BCUT2D eigenvalue weighted by atomic mass is 32.1. The summed E-state index contributed by atoms with van der Waals surface area (Å²) in [7, 11) is 6.17. The molecule has 0 bridgehead atoms. The average Bonchev–Trinajstić information content (AvgIpc) is 3.28. The van der Waals surface area contributed by atoms with E-state index in [9.17, 15) is 9.59 Å². The lowest BCUT2D eigenvalue weighted by Gasteiger charge is -2.27. The molecule has 1 atom stereocenters. The van der Waals surface area contributed by atoms with E-state index in [-0.39, 0.29) is 17.7 Å². The van der Waals surface area contributed by atoms with Gasteiger partial charge in [-0.25, -0.2) is 9.79 Å². The number of nitrogens with zero attached hydrogens (tertiary/aromatic N) is 2. The van der Waals surface area contributed by atoms with E-state index in [1.807, 2.05) is 36.4 Å². The summed E-state index contributed by atoms with van der Waals surface area (Å²) in [5, 5.41) is 1.80. The number of benzene rings is 3. The largest absolute Gasteiger partial charge is 0.496 e. The van der Waals surface area contributed by atoms with Gasteiger partial charge in [0.15, 0.2) is 16.3 Å². The van der Waals surface area contributed by atoms with Crippen molar-refractivity contribution < 1.29 is 28.5 Å². The number of aromatic nitrogens is 1. The molecular formula is C31H30N2O7S. The SMILES string of the molecule is CCOC(=O)C1=C(C)N=c2s/c(=C\c3cc(OC)c(OC)c(OC)c3)c(=O)n2[C@H]1c1c(OC)ccc2ccccc12. The highest BCUT2D eigenvalue weighted by molar-refractivity contribution is 7.07. The normalized spacial score (nSPS) is 14.9. The van der Waals surface area contributed by atoms with Crippen molar-refractivity contribution in [2.75, 3.05) is 35.0 Å². The quantitative estimate of drug-likeness (QED) is 0.294. The monoisotopic (exact) mass is 574 g/mol. The Hall–Kier alpha value is -4.57. The molecule has 0 spiro atoms. The first-order chi connectivity index (χ1) is 19.9. The minimum absolute atomic E-state index is 0.181. The molecule has 10 heteroatoms. The van der Waals surface area contributed by atoms with E-state index in [2.05, 4.69) is 4.99 Å². The Morgan fingerprint density at radius 2 is 1.66 bits per heavy atom. The van der Waals surface area contributed by atoms with Crippen LogP contribution in [-0.4, -0.2) is 45.6 Å². The predicted molar refractivity (Wildman–Crippen MR) is 157 cm³/mol. The topological polar surface area (TPSA) is 97.6 Å². The summed E-state index contributed by atoms with van der Waals surface area (Å²) in [6, 6.07) is 14.3. The summed E-state index contributed by atoms with van der Waals surface area (Å²) in [5.74, 6) is 1.39. The summed E-state index contributed by atoms with van der Waals surface area (Å²) < 4.78 is 29.6. The molecule has 9 nitrogen and oxygen atoms in total. The molecule has 0 radical (unpaired) electrons. The van der Waals surface area contributed by atoms with Crippen LogP contribution in [0.2, 0.25) is 0 Å². The Morgan fingerprint density at radius 3 is 2.29 bits per heavy atom. The van der Waals surface area contributed by atoms with E-state index in [0.717, 1.165) is 10.8 Å². The number of methoxy groups -OCH3 is 4. The van der Waals surface area contributed by atoms with E-state index in [4.69, 9.17) is 23.7 Å². The first kappa shape index (κ1) is 28.0. The van der Waals surface area contributed by atoms with E-state index >= 15 is 0 Å². The molecule has 0 saturated heterocycles. The van der Waals surface area contributed by atoms with Gasteiger partial charge < -0.3 is 23.7 Å². The fourth-order valence-electron chi connectivity index (χ4n) is 5.14. The lowest BCUT2D eigenvalue weighted by Crippen LogP contribution is -2.40. The van der Waals surface area contributed by atoms with Crippen molar-refractivity contribution in [1.82, 2.24) is 4.57 Å². The van der Waals surface area contributed by atoms with Gasteiger partial charge in [0.1, 0.15) is 11.8 Å². The Labute approximate surface area is 240 Å². The van der Waals surface area contributed by atoms with Gasteiger partial charge in [-0.3, -0.25) is 9.36 Å². The van der Waals surface area contributed by atoms with E-state index in [0.29, 0.717) is 49.2 Å². The molecule has 3 aromatic carbocycles. The van der Waals surface area contributed by atoms with Crippen molar-refractivity contribution in [3.05, 3.63) is 90.6 Å². The Balaban J connectivity index is 1.82. The number of hydrogen-bond donors (Lipinski definition) is 0. The van der Waals surface area contributed by atoms with Crippen molar-refractivity contribution in [3.63, 3.8) is 0 Å². The zero-order chi connectivity index (χ0) is 29.3. The maximum atomic E-state index is 14.2. The molecule has 0 fully saturated rings. The van der Waals surface area contributed by atoms with Gasteiger partial charge in [-0.05, 0) is 54.5 Å². The van der Waals surface area contributed by atoms with Crippen LogP contribution in [-0.2, 0) is 9.53 Å². The summed E-state index contributed by atoms with van der Waals surface area (Å²) >= 11 is 1.23. The fourth-order valence-corrected chi connectivity index (χ4v) is 6.18. The Morgan fingerprint density at radius 1 is 0.976 bits per heavy atom. The van der Waals surface area contributed by atoms with Crippen molar-refractivity contribution in [2.24, 2.45) is 4.99 Å². The zero-order valence-electron chi connectivity index (χ0n) is 23.6. The number of hydrogen-bond acceptors (Lipinski definition) is 9. The van der Waals surface area contributed by atoms with Gasteiger partial charge in [0, 0.05) is 5.56 Å². The molecule has 0 aliphatic carbocycles. The van der Waals surface area contributed by atoms with Gasteiger partial charge in [0.25, 0.3) is 5.56 Å². The van der Waals surface area contributed by atoms with Gasteiger partial charge >= 0.3 is 5.97 Å². The van der Waals surface area contributed by atoms with Gasteiger partial charge in [-0.2, -0.15) is 0 Å². The molecule has 0 amide bonds. The summed E-state index contributed by atoms with van der Waals surface area (Å²) in [4.78, 5) is 32.7. The lowest BCUT2D eigenvalue weighted by atomic mass is 9.90. The van der Waals surface area contributed by atoms with Crippen LogP contribution in [0.15, 0.2) is 69.6 Å². The van der Waals surface area contributed by atoms with Crippen LogP contribution in [0, 0.1) is 0 Å². The second kappa shape index (κ2) is 11.5. The molecule has 2 heterocycles. The van der Waals surface area contributed by atoms with Crippen LogP contribution >= 0.6 is 11.3 Å². The standard InChI is InChI=1S/C31H30N2O7S/c1-7-40-30(35)25-17(2)32-31-33(27(25)26-20-11-9-8-10-19(20)12-13-21(26)36-3)29(34)24(41-31)16-18-14-22(37-4)28(39-6)23(15-18)38-5/h8-16,27H,7H2,1-6H3/b24-16-/t27-/m1/s1. The van der Waals surface area contributed by atoms with Crippen LogP contribution in [0.4, 0.5) is 0 Å². The molecule has 1 aromatic heterocycles. The second-order valence-corrected chi connectivity index (χ2v) is 10.2. The second-order valence-electron chi connectivity index (χ2n) is 9.16. The Kier molecular flexibility index (Phi) is 7.85. The van der Waals surface area contributed by atoms with Crippen LogP contribution in [0.3, 0.4) is 0 Å². The van der Waals surface area contributed by atoms with Gasteiger partial charge in [-0.15, -0.1) is 0 Å². The number of carbonyl (C=O) groups is 1. The first-order valence-corrected chi connectivity index (χ1v) is 13.7. The van der Waals surface area contributed by atoms with Crippen LogP contribution < -0.4 is 33.8 Å². The smallest absolute Gasteiger partial charge is 0.338 e. The molecule has 0 saturated carbocycles. The third-order valence-electron chi connectivity index (χ3n) is 6.93. The van der Waals surface area contributed by atoms with Crippen LogP contribution in [0.25, 0.3) is 16.8 Å². The van der Waals surface area contributed by atoms with Crippen molar-refractivity contribution in [3.8, 4) is 23.0 Å². The lowest BCUT2D eigenvalue weighted by molar-refractivity contribution is -0.139. The van der Waals surface area contributed by atoms with Crippen LogP contribution in [0.5, 0.6) is 23.0 Å². The maximum Gasteiger partial charge on any atom is 0.338 e. The van der Waals surface area contributed by atoms with Gasteiger partial charge in [0.2, 0.25) is 5.75 Å². The third kappa shape index (κ3) is 4.84. The minimum Gasteiger partial charge on any atom is -0.496 e. The zero-order valence-corrected chi connectivity index (χ0v) is 24.5. The van der Waals surface area contributed by atoms with Crippen molar-refractivity contribution >= 4 is 34.2 Å². The van der Waals surface area contributed by atoms with Gasteiger partial charge in [0.05, 0.1) is 50.8 Å². The van der Waals surface area contributed by atoms with E-state index in [1.54, 1.807) is 43.7 Å². The number of allylic oxidation sites excluding steroid dienone is 1. The van der Waals surface area contributed by atoms with E-state index < -0.39 is 12.0 Å². The molecule has 1 aliphatic rings. The molecule has 212 valence electrons. The molecule has 0 N–H and O–H groups in total. The minimum atomic E-state index is -0.826. The number of thiazole rings is 1. The van der Waals surface area contributed by atoms with Crippen LogP contribution in [0.1, 0.15) is 31.0 Å². The molecular weight excluding hydrogens is 544 g/mol. The Bertz CT molecular complexity index is 1840. The highest BCUT2D eigenvalue weighted by Gasteiger charge is 2.36. The average molecular weight is 575 g/mol.